The molecule has 0 radical (unpaired) electrons. The Labute approximate surface area is 69.6 Å². The van der Waals surface area contributed by atoms with E-state index in [2.05, 4.69) is 10.1 Å². The molecular formula is C7H6BN3O. The van der Waals surface area contributed by atoms with Gasteiger partial charge >= 0.3 is 0 Å². The summed E-state index contributed by atoms with van der Waals surface area (Å²) < 4.78 is 1.60. The fourth-order valence-electron chi connectivity index (χ4n) is 1.05. The lowest BCUT2D eigenvalue weighted by Crippen LogP contribution is -2.11. The molecule has 0 saturated heterocycles. The predicted molar refractivity (Wildman–Crippen MR) is 46.6 cm³/mol. The van der Waals surface area contributed by atoms with Crippen LogP contribution in [0, 0.1) is 0 Å². The predicted octanol–water partition coefficient (Wildman–Crippen LogP) is -1.20. The van der Waals surface area contributed by atoms with Gasteiger partial charge in [0.2, 0.25) is 0 Å². The molecule has 0 amide bonds. The number of fused-ring (bicyclic) bond motifs is 1. The lowest BCUT2D eigenvalue weighted by molar-refractivity contribution is 0.111. The van der Waals surface area contributed by atoms with Crippen LogP contribution in [0.3, 0.4) is 0 Å². The van der Waals surface area contributed by atoms with Crippen LogP contribution in [0.4, 0.5) is 0 Å². The van der Waals surface area contributed by atoms with Crippen molar-refractivity contribution in [2.24, 2.45) is 0 Å². The summed E-state index contributed by atoms with van der Waals surface area (Å²) in [6.07, 6.45) is 2.32. The molecule has 58 valence electrons. The number of aldehydes is 1. The van der Waals surface area contributed by atoms with Crippen LogP contribution in [0.25, 0.3) is 5.65 Å². The molecule has 0 saturated carbocycles. The molecule has 0 aliphatic carbocycles. The summed E-state index contributed by atoms with van der Waals surface area (Å²) in [6, 6.07) is 3.69. The van der Waals surface area contributed by atoms with Crippen molar-refractivity contribution in [1.29, 1.82) is 0 Å². The largest absolute Gasteiger partial charge is 0.296 e. The number of rotatable bonds is 1. The Balaban J connectivity index is 2.75. The molecule has 0 aliphatic rings. The number of hydrogen-bond donors (Lipinski definition) is 0. The van der Waals surface area contributed by atoms with Crippen molar-refractivity contribution in [2.75, 3.05) is 0 Å². The maximum Gasteiger partial charge on any atom is 0.170 e. The molecule has 2 heterocycles. The molecule has 2 rings (SSSR count). The highest BCUT2D eigenvalue weighted by Gasteiger charge is 1.99. The summed E-state index contributed by atoms with van der Waals surface area (Å²) >= 11 is 0. The highest BCUT2D eigenvalue weighted by Crippen LogP contribution is 1.98. The van der Waals surface area contributed by atoms with Gasteiger partial charge in [0, 0.05) is 5.59 Å². The highest BCUT2D eigenvalue weighted by atomic mass is 16.1. The molecule has 0 unspecified atom stereocenters. The van der Waals surface area contributed by atoms with E-state index < -0.39 is 0 Å². The zero-order valence-electron chi connectivity index (χ0n) is 6.56. The molecule has 5 heteroatoms. The number of aromatic nitrogens is 3. The Kier molecular flexibility index (Phi) is 1.43. The Hall–Kier alpha value is -1.65. The van der Waals surface area contributed by atoms with E-state index in [1.54, 1.807) is 10.7 Å². The van der Waals surface area contributed by atoms with Gasteiger partial charge in [0.15, 0.2) is 19.8 Å². The molecule has 12 heavy (non-hydrogen) atoms. The van der Waals surface area contributed by atoms with Crippen LogP contribution in [-0.2, 0) is 0 Å². The zero-order chi connectivity index (χ0) is 8.55. The summed E-state index contributed by atoms with van der Waals surface area (Å²) in [4.78, 5) is 14.4. The van der Waals surface area contributed by atoms with E-state index >= 15 is 0 Å². The van der Waals surface area contributed by atoms with Crippen molar-refractivity contribution in [3.63, 3.8) is 0 Å². The minimum atomic E-state index is 0.410. The van der Waals surface area contributed by atoms with Crippen molar-refractivity contribution in [3.8, 4) is 0 Å². The van der Waals surface area contributed by atoms with Gasteiger partial charge in [-0.1, -0.05) is 0 Å². The zero-order valence-corrected chi connectivity index (χ0v) is 6.56. The molecule has 0 bridgehead atoms. The van der Waals surface area contributed by atoms with Crippen LogP contribution in [-0.4, -0.2) is 28.7 Å². The average Bonchev–Trinajstić information content (AvgIpc) is 2.46. The maximum absolute atomic E-state index is 10.4. The molecule has 4 nitrogen and oxygen atoms in total. The van der Waals surface area contributed by atoms with Crippen LogP contribution < -0.4 is 5.59 Å². The van der Waals surface area contributed by atoms with E-state index in [0.717, 1.165) is 5.59 Å². The van der Waals surface area contributed by atoms with Gasteiger partial charge in [0.1, 0.15) is 5.69 Å². The summed E-state index contributed by atoms with van der Waals surface area (Å²) in [5.41, 5.74) is 2.01. The fraction of sp³-hybridized carbons (Fsp3) is 0. The number of imidazole rings is 1. The second kappa shape index (κ2) is 2.44. The standard InChI is InChI=1S/C7H6BN3O/c8-6-1-2-7-9-5(4-12)3-11(7)10-6/h1-4H,8H2. The van der Waals surface area contributed by atoms with E-state index in [9.17, 15) is 4.79 Å². The summed E-state index contributed by atoms with van der Waals surface area (Å²) in [6.45, 7) is 0. The van der Waals surface area contributed by atoms with Crippen LogP contribution in [0.15, 0.2) is 18.3 Å². The van der Waals surface area contributed by atoms with Gasteiger partial charge in [-0.2, -0.15) is 5.10 Å². The number of nitrogens with zero attached hydrogens (tertiary/aromatic N) is 3. The smallest absolute Gasteiger partial charge is 0.170 e. The second-order valence-corrected chi connectivity index (χ2v) is 2.56. The molecule has 0 spiro atoms. The monoisotopic (exact) mass is 159 g/mol. The van der Waals surface area contributed by atoms with Crippen molar-refractivity contribution < 1.29 is 4.79 Å². The summed E-state index contributed by atoms with van der Waals surface area (Å²) in [7, 11) is 1.89. The van der Waals surface area contributed by atoms with Gasteiger partial charge in [0.05, 0.1) is 6.20 Å². The quantitative estimate of drug-likeness (QED) is 0.387. The van der Waals surface area contributed by atoms with Gasteiger partial charge in [-0.15, -0.1) is 0 Å². The maximum atomic E-state index is 10.4. The Bertz CT molecular complexity index is 437. The molecule has 0 N–H and O–H groups in total. The van der Waals surface area contributed by atoms with Gasteiger partial charge in [-0.25, -0.2) is 9.50 Å². The third kappa shape index (κ3) is 0.991. The third-order valence-electron chi connectivity index (χ3n) is 1.59. The molecule has 2 aromatic rings. The first-order valence-electron chi connectivity index (χ1n) is 3.58. The molecular weight excluding hydrogens is 153 g/mol. The average molecular weight is 159 g/mol. The number of carbonyl (C=O) groups is 1. The van der Waals surface area contributed by atoms with Crippen molar-refractivity contribution in [1.82, 2.24) is 14.6 Å². The minimum Gasteiger partial charge on any atom is -0.296 e. The first-order valence-corrected chi connectivity index (χ1v) is 3.58. The van der Waals surface area contributed by atoms with Crippen LogP contribution in [0.1, 0.15) is 10.5 Å². The first-order chi connectivity index (χ1) is 5.79. The normalized spacial score (nSPS) is 10.3. The van der Waals surface area contributed by atoms with Crippen LogP contribution in [0.5, 0.6) is 0 Å². The highest BCUT2D eigenvalue weighted by molar-refractivity contribution is 6.30. The number of carbonyl (C=O) groups excluding carboxylic acids is 1. The Morgan fingerprint density at radius 3 is 3.08 bits per heavy atom. The summed E-state index contributed by atoms with van der Waals surface area (Å²) in [5.74, 6) is 0. The van der Waals surface area contributed by atoms with Crippen molar-refractivity contribution in [2.45, 2.75) is 0 Å². The lowest BCUT2D eigenvalue weighted by Gasteiger charge is -1.91. The van der Waals surface area contributed by atoms with E-state index in [1.807, 2.05) is 20.0 Å². The van der Waals surface area contributed by atoms with Crippen molar-refractivity contribution >= 4 is 25.4 Å². The minimum absolute atomic E-state index is 0.410. The SMILES string of the molecule is Bc1ccc2nc(C=O)cn2n1. The Morgan fingerprint density at radius 1 is 1.50 bits per heavy atom. The lowest BCUT2D eigenvalue weighted by atomic mass is 10.1. The van der Waals surface area contributed by atoms with Crippen LogP contribution in [0.2, 0.25) is 0 Å². The molecule has 0 atom stereocenters. The molecule has 0 aliphatic heterocycles. The number of hydrogen-bond acceptors (Lipinski definition) is 3. The van der Waals surface area contributed by atoms with Gasteiger partial charge in [0.25, 0.3) is 0 Å². The van der Waals surface area contributed by atoms with Gasteiger partial charge in [-0.05, 0) is 12.1 Å². The van der Waals surface area contributed by atoms with E-state index in [4.69, 9.17) is 0 Å². The van der Waals surface area contributed by atoms with Gasteiger partial charge in [-0.3, -0.25) is 4.79 Å². The fourth-order valence-corrected chi connectivity index (χ4v) is 1.05. The summed E-state index contributed by atoms with van der Waals surface area (Å²) in [5, 5.41) is 4.14. The molecule has 0 fully saturated rings. The Morgan fingerprint density at radius 2 is 2.33 bits per heavy atom. The second-order valence-electron chi connectivity index (χ2n) is 2.56. The van der Waals surface area contributed by atoms with E-state index in [0.29, 0.717) is 17.6 Å². The van der Waals surface area contributed by atoms with Crippen molar-refractivity contribution in [3.05, 3.63) is 24.0 Å². The topological polar surface area (TPSA) is 47.3 Å². The first kappa shape index (κ1) is 7.03. The molecule has 2 aromatic heterocycles. The van der Waals surface area contributed by atoms with E-state index in [-0.39, 0.29) is 0 Å². The van der Waals surface area contributed by atoms with E-state index in [1.165, 1.54) is 0 Å². The van der Waals surface area contributed by atoms with Gasteiger partial charge < -0.3 is 0 Å². The third-order valence-corrected chi connectivity index (χ3v) is 1.59. The molecule has 0 aromatic carbocycles. The van der Waals surface area contributed by atoms with Crippen LogP contribution >= 0.6 is 0 Å².